The zero-order chi connectivity index (χ0) is 19.7. The summed E-state index contributed by atoms with van der Waals surface area (Å²) in [6.45, 7) is 1.71. The van der Waals surface area contributed by atoms with Gasteiger partial charge in [0.2, 0.25) is 17.8 Å². The molecule has 1 saturated heterocycles. The molecule has 3 heterocycles. The maximum atomic E-state index is 12.9. The second kappa shape index (κ2) is 7.63. The van der Waals surface area contributed by atoms with E-state index in [2.05, 4.69) is 25.5 Å². The van der Waals surface area contributed by atoms with Crippen molar-refractivity contribution >= 4 is 46.7 Å². The van der Waals surface area contributed by atoms with Crippen LogP contribution in [0.25, 0.3) is 0 Å². The largest absolute Gasteiger partial charge is 0.383 e. The first kappa shape index (κ1) is 18.5. The summed E-state index contributed by atoms with van der Waals surface area (Å²) in [6.07, 6.45) is 3.31. The van der Waals surface area contributed by atoms with Crippen molar-refractivity contribution in [2.24, 2.45) is 0 Å². The van der Waals surface area contributed by atoms with Crippen LogP contribution in [0, 0.1) is 0 Å². The average Bonchev–Trinajstić information content (AvgIpc) is 2.69. The molecular formula is C19H21ClN6O2. The number of hydrogen-bond donors (Lipinski definition) is 3. The van der Waals surface area contributed by atoms with Gasteiger partial charge in [0.1, 0.15) is 11.6 Å². The lowest BCUT2D eigenvalue weighted by molar-refractivity contribution is -0.123. The van der Waals surface area contributed by atoms with Gasteiger partial charge < -0.3 is 21.3 Å². The molecule has 1 aromatic carbocycles. The molecule has 146 valence electrons. The lowest BCUT2D eigenvalue weighted by atomic mass is 9.92. The molecule has 0 saturated carbocycles. The number of amides is 2. The summed E-state index contributed by atoms with van der Waals surface area (Å²) in [5.41, 5.74) is 7.26. The predicted octanol–water partition coefficient (Wildman–Crippen LogP) is 2.77. The summed E-state index contributed by atoms with van der Waals surface area (Å²) in [6, 6.07) is 6.76. The van der Waals surface area contributed by atoms with Gasteiger partial charge in [-0.2, -0.15) is 9.97 Å². The van der Waals surface area contributed by atoms with Crippen LogP contribution in [0.15, 0.2) is 24.3 Å². The minimum Gasteiger partial charge on any atom is -0.383 e. The van der Waals surface area contributed by atoms with Crippen LogP contribution in [-0.4, -0.2) is 34.9 Å². The molecule has 1 aromatic heterocycles. The van der Waals surface area contributed by atoms with Crippen LogP contribution in [-0.2, 0) is 9.59 Å². The van der Waals surface area contributed by atoms with E-state index < -0.39 is 5.92 Å². The summed E-state index contributed by atoms with van der Waals surface area (Å²) in [5.74, 6) is -0.321. The molecule has 2 aliphatic rings. The van der Waals surface area contributed by atoms with E-state index in [1.54, 1.807) is 24.3 Å². The molecule has 0 radical (unpaired) electrons. The summed E-state index contributed by atoms with van der Waals surface area (Å²) in [7, 11) is 0. The minimum absolute atomic E-state index is 0.0109. The van der Waals surface area contributed by atoms with Gasteiger partial charge in [-0.25, -0.2) is 0 Å². The van der Waals surface area contributed by atoms with Gasteiger partial charge in [0, 0.05) is 30.2 Å². The number of anilines is 4. The van der Waals surface area contributed by atoms with Crippen molar-refractivity contribution in [2.45, 2.75) is 31.6 Å². The van der Waals surface area contributed by atoms with Gasteiger partial charge in [0.25, 0.3) is 0 Å². The van der Waals surface area contributed by atoms with E-state index >= 15 is 0 Å². The number of halogens is 1. The quantitative estimate of drug-likeness (QED) is 0.730. The molecule has 1 fully saturated rings. The molecule has 28 heavy (non-hydrogen) atoms. The highest BCUT2D eigenvalue weighted by Crippen LogP contribution is 2.37. The van der Waals surface area contributed by atoms with Gasteiger partial charge in [0.15, 0.2) is 0 Å². The smallest absolute Gasteiger partial charge is 0.232 e. The van der Waals surface area contributed by atoms with Crippen LogP contribution in [0.3, 0.4) is 0 Å². The number of nitrogens with zero attached hydrogens (tertiary/aromatic N) is 3. The Kier molecular flexibility index (Phi) is 5.04. The van der Waals surface area contributed by atoms with E-state index in [-0.39, 0.29) is 24.1 Å². The van der Waals surface area contributed by atoms with Crippen molar-refractivity contribution in [3.63, 3.8) is 0 Å². The summed E-state index contributed by atoms with van der Waals surface area (Å²) >= 11 is 5.88. The topological polar surface area (TPSA) is 113 Å². The predicted molar refractivity (Wildman–Crippen MR) is 109 cm³/mol. The van der Waals surface area contributed by atoms with E-state index in [4.69, 9.17) is 17.3 Å². The Hall–Kier alpha value is -2.87. The van der Waals surface area contributed by atoms with Crippen LogP contribution < -0.4 is 21.3 Å². The molecule has 1 unspecified atom stereocenters. The summed E-state index contributed by atoms with van der Waals surface area (Å²) in [4.78, 5) is 36.1. The van der Waals surface area contributed by atoms with E-state index in [9.17, 15) is 9.59 Å². The number of nitrogens with one attached hydrogen (secondary N) is 2. The molecule has 4 N–H and O–H groups in total. The molecule has 0 aliphatic carbocycles. The van der Waals surface area contributed by atoms with E-state index in [0.29, 0.717) is 28.0 Å². The molecule has 1 atom stereocenters. The Morgan fingerprint density at radius 1 is 1.18 bits per heavy atom. The number of carbonyl (C=O) groups excluding carboxylic acids is 2. The van der Waals surface area contributed by atoms with Crippen LogP contribution in [0.5, 0.6) is 0 Å². The Morgan fingerprint density at radius 2 is 1.89 bits per heavy atom. The van der Waals surface area contributed by atoms with Crippen LogP contribution >= 0.6 is 11.6 Å². The second-order valence-corrected chi connectivity index (χ2v) is 7.46. The first-order valence-electron chi connectivity index (χ1n) is 9.30. The highest BCUT2D eigenvalue weighted by molar-refractivity contribution is 6.30. The fourth-order valence-corrected chi connectivity index (χ4v) is 3.73. The van der Waals surface area contributed by atoms with Crippen LogP contribution in [0.4, 0.5) is 23.3 Å². The molecule has 8 nitrogen and oxygen atoms in total. The molecule has 4 rings (SSSR count). The average molecular weight is 401 g/mol. The third-order valence-corrected chi connectivity index (χ3v) is 5.28. The zero-order valence-electron chi connectivity index (χ0n) is 15.2. The number of nitrogens with two attached hydrogens (primary N) is 1. The molecule has 0 spiro atoms. The summed E-state index contributed by atoms with van der Waals surface area (Å²) in [5, 5.41) is 6.12. The van der Waals surface area contributed by atoms with Gasteiger partial charge in [-0.05, 0) is 43.5 Å². The van der Waals surface area contributed by atoms with E-state index in [1.807, 2.05) is 0 Å². The van der Waals surface area contributed by atoms with Crippen molar-refractivity contribution in [2.75, 3.05) is 34.4 Å². The van der Waals surface area contributed by atoms with Gasteiger partial charge in [-0.1, -0.05) is 11.6 Å². The van der Waals surface area contributed by atoms with Gasteiger partial charge in [0.05, 0.1) is 11.5 Å². The highest BCUT2D eigenvalue weighted by atomic mass is 35.5. The molecule has 0 bridgehead atoms. The Bertz CT molecular complexity index is 911. The molecule has 2 aromatic rings. The van der Waals surface area contributed by atoms with Gasteiger partial charge in [-0.3, -0.25) is 9.59 Å². The number of rotatable bonds is 3. The third kappa shape index (κ3) is 3.73. The normalized spacial score (nSPS) is 19.0. The maximum Gasteiger partial charge on any atom is 0.232 e. The minimum atomic E-state index is -0.755. The Morgan fingerprint density at radius 3 is 2.61 bits per heavy atom. The van der Waals surface area contributed by atoms with Crippen LogP contribution in [0.2, 0.25) is 5.02 Å². The number of piperidine rings is 1. The number of benzene rings is 1. The molecular weight excluding hydrogens is 380 g/mol. The van der Waals surface area contributed by atoms with Gasteiger partial charge >= 0.3 is 0 Å². The Balaban J connectivity index is 1.63. The molecule has 2 amide bonds. The number of fused-ring (bicyclic) bond motifs is 1. The number of hydrogen-bond acceptors (Lipinski definition) is 6. The second-order valence-electron chi connectivity index (χ2n) is 7.02. The molecule has 2 aliphatic heterocycles. The van der Waals surface area contributed by atoms with Crippen LogP contribution in [0.1, 0.15) is 37.2 Å². The first-order chi connectivity index (χ1) is 13.5. The SMILES string of the molecule is Nc1nc(N2CCCCC2)nc2c1C(C(=O)Nc1ccc(Cl)cc1)CC(=O)N2. The lowest BCUT2D eigenvalue weighted by Gasteiger charge is -2.30. The van der Waals surface area contributed by atoms with Crippen molar-refractivity contribution in [3.05, 3.63) is 34.9 Å². The monoisotopic (exact) mass is 400 g/mol. The van der Waals surface area contributed by atoms with Gasteiger partial charge in [-0.15, -0.1) is 0 Å². The highest BCUT2D eigenvalue weighted by Gasteiger charge is 2.35. The van der Waals surface area contributed by atoms with Crippen molar-refractivity contribution < 1.29 is 9.59 Å². The Labute approximate surface area is 167 Å². The standard InChI is InChI=1S/C19H21ClN6O2/c20-11-4-6-12(7-5-11)22-18(28)13-10-14(27)23-17-15(13)16(21)24-19(25-17)26-8-2-1-3-9-26/h4-7,13H,1-3,8-10H2,(H,22,28)(H3,21,23,24,25,27). The van der Waals surface area contributed by atoms with E-state index in [1.165, 1.54) is 6.42 Å². The lowest BCUT2D eigenvalue weighted by Crippen LogP contribution is -2.35. The number of aromatic nitrogens is 2. The van der Waals surface area contributed by atoms with E-state index in [0.717, 1.165) is 25.9 Å². The number of nitrogen functional groups attached to an aromatic ring is 1. The first-order valence-corrected chi connectivity index (χ1v) is 9.67. The third-order valence-electron chi connectivity index (χ3n) is 5.03. The van der Waals surface area contributed by atoms with Crippen molar-refractivity contribution in [3.8, 4) is 0 Å². The van der Waals surface area contributed by atoms with Crippen molar-refractivity contribution in [1.82, 2.24) is 9.97 Å². The number of carbonyl (C=O) groups is 2. The zero-order valence-corrected chi connectivity index (χ0v) is 16.0. The maximum absolute atomic E-state index is 12.9. The molecule has 9 heteroatoms. The fraction of sp³-hybridized carbons (Fsp3) is 0.368. The fourth-order valence-electron chi connectivity index (χ4n) is 3.61. The summed E-state index contributed by atoms with van der Waals surface area (Å²) < 4.78 is 0. The van der Waals surface area contributed by atoms with Crippen molar-refractivity contribution in [1.29, 1.82) is 0 Å².